The van der Waals surface area contributed by atoms with Crippen molar-refractivity contribution in [2.45, 2.75) is 6.04 Å². The minimum atomic E-state index is 0.157. The van der Waals surface area contributed by atoms with Crippen molar-refractivity contribution in [3.05, 3.63) is 42.2 Å². The molecule has 0 aliphatic carbocycles. The van der Waals surface area contributed by atoms with Crippen molar-refractivity contribution in [3.8, 4) is 20.7 Å². The van der Waals surface area contributed by atoms with E-state index in [0.717, 1.165) is 45.7 Å². The fourth-order valence-electron chi connectivity index (χ4n) is 3.11. The van der Waals surface area contributed by atoms with E-state index in [0.29, 0.717) is 5.89 Å². The Balaban J connectivity index is 1.43. The minimum absolute atomic E-state index is 0.157. The van der Waals surface area contributed by atoms with Crippen LogP contribution in [0, 0.1) is 0 Å². The quantitative estimate of drug-likeness (QED) is 0.582. The fourth-order valence-corrected chi connectivity index (χ4v) is 5.06. The summed E-state index contributed by atoms with van der Waals surface area (Å²) in [5, 5.41) is 8.62. The number of piperazine rings is 1. The number of rotatable bonds is 3. The number of nitrogens with one attached hydrogen (secondary N) is 1. The van der Waals surface area contributed by atoms with Crippen LogP contribution in [-0.4, -0.2) is 46.7 Å². The molecule has 1 aliphatic rings. The summed E-state index contributed by atoms with van der Waals surface area (Å²) in [6.07, 6.45) is 0. The molecule has 0 bridgehead atoms. The number of benzene rings is 1. The van der Waals surface area contributed by atoms with Crippen LogP contribution in [0.2, 0.25) is 0 Å². The first kappa shape index (κ1) is 16.1. The largest absolute Gasteiger partial charge is 0.333 e. The summed E-state index contributed by atoms with van der Waals surface area (Å²) >= 11 is 3.34. The minimum Gasteiger partial charge on any atom is -0.333 e. The Hall–Kier alpha value is -2.13. The molecule has 26 heavy (non-hydrogen) atoms. The molecule has 6 nitrogen and oxygen atoms in total. The summed E-state index contributed by atoms with van der Waals surface area (Å²) in [5.74, 6) is 1.32. The van der Waals surface area contributed by atoms with E-state index in [4.69, 9.17) is 9.51 Å². The Morgan fingerprint density at radius 2 is 2.00 bits per heavy atom. The van der Waals surface area contributed by atoms with E-state index in [9.17, 15) is 0 Å². The lowest BCUT2D eigenvalue weighted by Crippen LogP contribution is -2.44. The van der Waals surface area contributed by atoms with E-state index in [1.165, 1.54) is 4.70 Å². The van der Waals surface area contributed by atoms with Gasteiger partial charge in [0, 0.05) is 19.6 Å². The Morgan fingerprint density at radius 1 is 1.12 bits per heavy atom. The molecule has 0 saturated carbocycles. The van der Waals surface area contributed by atoms with Gasteiger partial charge in [-0.15, -0.1) is 22.7 Å². The van der Waals surface area contributed by atoms with Crippen molar-refractivity contribution in [1.29, 1.82) is 0 Å². The second kappa shape index (κ2) is 6.55. The van der Waals surface area contributed by atoms with E-state index < -0.39 is 0 Å². The number of thiophene rings is 1. The molecule has 1 unspecified atom stereocenters. The Bertz CT molecular complexity index is 1020. The van der Waals surface area contributed by atoms with Gasteiger partial charge in [0.15, 0.2) is 5.82 Å². The number of nitrogens with zero attached hydrogens (tertiary/aromatic N) is 4. The molecule has 8 heteroatoms. The van der Waals surface area contributed by atoms with Crippen molar-refractivity contribution >= 4 is 32.9 Å². The lowest BCUT2D eigenvalue weighted by molar-refractivity contribution is 0.190. The molecule has 0 amide bonds. The monoisotopic (exact) mass is 383 g/mol. The van der Waals surface area contributed by atoms with E-state index in [-0.39, 0.29) is 6.04 Å². The lowest BCUT2D eigenvalue weighted by Gasteiger charge is -2.30. The molecule has 1 atom stereocenters. The predicted molar refractivity (Wildman–Crippen MR) is 104 cm³/mol. The van der Waals surface area contributed by atoms with Gasteiger partial charge in [0.05, 0.1) is 26.0 Å². The maximum atomic E-state index is 5.54. The lowest BCUT2D eigenvalue weighted by atomic mass is 10.2. The average molecular weight is 384 g/mol. The molecule has 0 radical (unpaired) electrons. The third-order valence-electron chi connectivity index (χ3n) is 4.57. The first-order chi connectivity index (χ1) is 12.8. The number of hydrogen-bond acceptors (Lipinski definition) is 8. The Morgan fingerprint density at radius 3 is 2.88 bits per heavy atom. The van der Waals surface area contributed by atoms with Crippen LogP contribution >= 0.6 is 22.7 Å². The molecular formula is C18H17N5OS2. The van der Waals surface area contributed by atoms with Crippen LogP contribution < -0.4 is 5.32 Å². The molecular weight excluding hydrogens is 366 g/mol. The van der Waals surface area contributed by atoms with Crippen LogP contribution in [0.15, 0.2) is 40.9 Å². The zero-order chi connectivity index (χ0) is 17.5. The number of hydrogen-bond donors (Lipinski definition) is 1. The Labute approximate surface area is 158 Å². The highest BCUT2D eigenvalue weighted by Crippen LogP contribution is 2.37. The van der Waals surface area contributed by atoms with Crippen LogP contribution in [0.3, 0.4) is 0 Å². The molecule has 1 N–H and O–H groups in total. The Kier molecular flexibility index (Phi) is 4.05. The smallest absolute Gasteiger partial charge is 0.268 e. The molecule has 1 fully saturated rings. The molecule has 1 saturated heterocycles. The van der Waals surface area contributed by atoms with Gasteiger partial charge in [0.1, 0.15) is 5.01 Å². The summed E-state index contributed by atoms with van der Waals surface area (Å²) in [4.78, 5) is 13.7. The van der Waals surface area contributed by atoms with Gasteiger partial charge in [-0.2, -0.15) is 4.98 Å². The number of likely N-dealkylation sites (N-methyl/N-ethyl adjacent to an activating group) is 1. The van der Waals surface area contributed by atoms with Gasteiger partial charge in [-0.3, -0.25) is 4.90 Å². The molecule has 4 heterocycles. The van der Waals surface area contributed by atoms with Crippen molar-refractivity contribution in [2.24, 2.45) is 0 Å². The zero-order valence-electron chi connectivity index (χ0n) is 14.2. The summed E-state index contributed by atoms with van der Waals surface area (Å²) in [6, 6.07) is 12.5. The summed E-state index contributed by atoms with van der Waals surface area (Å²) in [7, 11) is 2.10. The SMILES string of the molecule is CN1CCNCC1c1noc(-c2ccc(-c3nc4ccccc4s3)s2)n1. The molecule has 3 aromatic heterocycles. The average Bonchev–Trinajstić information content (AvgIpc) is 3.39. The number of thiazole rings is 1. The molecule has 132 valence electrons. The summed E-state index contributed by atoms with van der Waals surface area (Å²) < 4.78 is 6.74. The second-order valence-corrected chi connectivity index (χ2v) is 8.42. The number of aromatic nitrogens is 3. The van der Waals surface area contributed by atoms with E-state index in [1.54, 1.807) is 22.7 Å². The van der Waals surface area contributed by atoms with Crippen LogP contribution in [0.5, 0.6) is 0 Å². The van der Waals surface area contributed by atoms with Crippen LogP contribution in [-0.2, 0) is 0 Å². The highest BCUT2D eigenvalue weighted by molar-refractivity contribution is 7.26. The predicted octanol–water partition coefficient (Wildman–Crippen LogP) is 3.65. The summed E-state index contributed by atoms with van der Waals surface area (Å²) in [6.45, 7) is 2.82. The van der Waals surface area contributed by atoms with Gasteiger partial charge in [0.2, 0.25) is 0 Å². The van der Waals surface area contributed by atoms with Crippen LogP contribution in [0.25, 0.3) is 30.9 Å². The van der Waals surface area contributed by atoms with E-state index in [2.05, 4.69) is 39.5 Å². The molecule has 4 aromatic rings. The maximum Gasteiger partial charge on any atom is 0.268 e. The number of para-hydroxylation sites is 1. The third-order valence-corrected chi connectivity index (χ3v) is 6.85. The number of fused-ring (bicyclic) bond motifs is 1. The molecule has 5 rings (SSSR count). The third kappa shape index (κ3) is 2.84. The maximum absolute atomic E-state index is 5.54. The van der Waals surface area contributed by atoms with Crippen molar-refractivity contribution in [1.82, 2.24) is 25.3 Å². The molecule has 0 spiro atoms. The normalized spacial score (nSPS) is 18.6. The van der Waals surface area contributed by atoms with E-state index >= 15 is 0 Å². The van der Waals surface area contributed by atoms with Crippen LogP contribution in [0.1, 0.15) is 11.9 Å². The van der Waals surface area contributed by atoms with Crippen molar-refractivity contribution < 1.29 is 4.52 Å². The van der Waals surface area contributed by atoms with Crippen molar-refractivity contribution in [3.63, 3.8) is 0 Å². The van der Waals surface area contributed by atoms with Gasteiger partial charge in [-0.25, -0.2) is 4.98 Å². The van der Waals surface area contributed by atoms with Gasteiger partial charge < -0.3 is 9.84 Å². The zero-order valence-corrected chi connectivity index (χ0v) is 15.8. The second-order valence-electron chi connectivity index (χ2n) is 6.31. The first-order valence-corrected chi connectivity index (χ1v) is 10.1. The highest BCUT2D eigenvalue weighted by Gasteiger charge is 2.26. The van der Waals surface area contributed by atoms with Gasteiger partial charge in [-0.1, -0.05) is 17.3 Å². The summed E-state index contributed by atoms with van der Waals surface area (Å²) in [5.41, 5.74) is 1.04. The first-order valence-electron chi connectivity index (χ1n) is 8.48. The van der Waals surface area contributed by atoms with Gasteiger partial charge >= 0.3 is 0 Å². The van der Waals surface area contributed by atoms with Crippen molar-refractivity contribution in [2.75, 3.05) is 26.7 Å². The van der Waals surface area contributed by atoms with Gasteiger partial charge in [-0.05, 0) is 31.3 Å². The standard InChI is InChI=1S/C18H17N5OS2/c1-23-9-8-19-10-12(23)16-21-17(24-22-16)14-6-7-15(25-14)18-20-11-4-2-3-5-13(11)26-18/h2-7,12,19H,8-10H2,1H3. The van der Waals surface area contributed by atoms with Crippen LogP contribution in [0.4, 0.5) is 0 Å². The highest BCUT2D eigenvalue weighted by atomic mass is 32.1. The van der Waals surface area contributed by atoms with Gasteiger partial charge in [0.25, 0.3) is 5.89 Å². The topological polar surface area (TPSA) is 67.1 Å². The molecule has 1 aliphatic heterocycles. The molecule has 1 aromatic carbocycles. The fraction of sp³-hybridized carbons (Fsp3) is 0.278. The van der Waals surface area contributed by atoms with E-state index in [1.807, 2.05) is 24.3 Å².